The van der Waals surface area contributed by atoms with Crippen LogP contribution in [-0.2, 0) is 29.3 Å². The number of carboxylic acids is 1. The average Bonchev–Trinajstić information content (AvgIpc) is 3.20. The van der Waals surface area contributed by atoms with Crippen molar-refractivity contribution in [3.8, 4) is 5.75 Å². The second-order valence-corrected chi connectivity index (χ2v) is 10.3. The zero-order valence-corrected chi connectivity index (χ0v) is 20.0. The van der Waals surface area contributed by atoms with Crippen LogP contribution in [0.4, 0.5) is 0 Å². The molecule has 0 amide bonds. The molecule has 0 saturated carbocycles. The number of carbonyl (C=O) groups is 1. The van der Waals surface area contributed by atoms with Gasteiger partial charge in [-0.3, -0.25) is 4.79 Å². The maximum absolute atomic E-state index is 11.4. The lowest BCUT2D eigenvalue weighted by atomic mass is 9.63. The van der Waals surface area contributed by atoms with Gasteiger partial charge in [-0.15, -0.1) is 5.10 Å². The number of aryl methyl sites for hydroxylation is 1. The molecule has 1 aromatic heterocycles. The third kappa shape index (κ3) is 4.77. The SMILES string of the molecule is Cn1nnnc1[C@@H](CC(=O)O)c1ccc(OCc2ccc3c(c2)C(C)(C)CCC3(C)C)cc1. The summed E-state index contributed by atoms with van der Waals surface area (Å²) in [6, 6.07) is 14.3. The molecule has 1 aliphatic carbocycles. The van der Waals surface area contributed by atoms with Gasteiger partial charge >= 0.3 is 5.97 Å². The highest BCUT2D eigenvalue weighted by atomic mass is 16.5. The molecule has 0 fully saturated rings. The summed E-state index contributed by atoms with van der Waals surface area (Å²) in [7, 11) is 1.71. The number of hydrogen-bond acceptors (Lipinski definition) is 5. The molecule has 3 aromatic rings. The first-order valence-electron chi connectivity index (χ1n) is 11.4. The molecule has 1 N–H and O–H groups in total. The predicted molar refractivity (Wildman–Crippen MR) is 125 cm³/mol. The van der Waals surface area contributed by atoms with Crippen molar-refractivity contribution in [3.05, 3.63) is 70.5 Å². The van der Waals surface area contributed by atoms with Crippen molar-refractivity contribution >= 4 is 5.97 Å². The molecule has 0 unspecified atom stereocenters. The molecule has 7 heteroatoms. The minimum Gasteiger partial charge on any atom is -0.489 e. The summed E-state index contributed by atoms with van der Waals surface area (Å²) >= 11 is 0. The smallest absolute Gasteiger partial charge is 0.304 e. The van der Waals surface area contributed by atoms with Gasteiger partial charge < -0.3 is 9.84 Å². The van der Waals surface area contributed by atoms with Gasteiger partial charge in [-0.2, -0.15) is 0 Å². The summed E-state index contributed by atoms with van der Waals surface area (Å²) in [6.07, 6.45) is 2.29. The Morgan fingerprint density at radius 3 is 2.33 bits per heavy atom. The van der Waals surface area contributed by atoms with E-state index >= 15 is 0 Å². The molecule has 1 heterocycles. The molecule has 7 nitrogen and oxygen atoms in total. The van der Waals surface area contributed by atoms with Gasteiger partial charge in [0.1, 0.15) is 12.4 Å². The van der Waals surface area contributed by atoms with Crippen LogP contribution in [-0.4, -0.2) is 31.3 Å². The van der Waals surface area contributed by atoms with Gasteiger partial charge in [-0.05, 0) is 68.5 Å². The van der Waals surface area contributed by atoms with Crippen molar-refractivity contribution < 1.29 is 14.6 Å². The van der Waals surface area contributed by atoms with Gasteiger partial charge in [0.25, 0.3) is 0 Å². The van der Waals surface area contributed by atoms with Crippen LogP contribution in [0, 0.1) is 0 Å². The van der Waals surface area contributed by atoms with Crippen LogP contribution in [0.3, 0.4) is 0 Å². The lowest BCUT2D eigenvalue weighted by molar-refractivity contribution is -0.137. The number of hydrogen-bond donors (Lipinski definition) is 1. The Bertz CT molecular complexity index is 1150. The molecule has 33 heavy (non-hydrogen) atoms. The molecule has 0 spiro atoms. The standard InChI is InChI=1S/C26H32N4O3/c1-25(2)12-13-26(3,4)22-14-17(6-11-21(22)25)16-33-19-9-7-18(8-10-19)20(15-23(31)32)24-27-28-29-30(24)5/h6-11,14,20H,12-13,15-16H2,1-5H3,(H,31,32)/t20-/m0/s1. The molecule has 0 saturated heterocycles. The highest BCUT2D eigenvalue weighted by Crippen LogP contribution is 2.46. The Balaban J connectivity index is 1.50. The minimum atomic E-state index is -0.901. The first-order valence-corrected chi connectivity index (χ1v) is 11.4. The Morgan fingerprint density at radius 2 is 1.73 bits per heavy atom. The number of ether oxygens (including phenoxy) is 1. The quantitative estimate of drug-likeness (QED) is 0.561. The van der Waals surface area contributed by atoms with E-state index in [1.807, 2.05) is 24.3 Å². The fourth-order valence-electron chi connectivity index (χ4n) is 4.75. The van der Waals surface area contributed by atoms with Crippen molar-refractivity contribution in [2.24, 2.45) is 7.05 Å². The average molecular weight is 449 g/mol. The normalized spacial score (nSPS) is 17.2. The van der Waals surface area contributed by atoms with E-state index in [4.69, 9.17) is 4.74 Å². The van der Waals surface area contributed by atoms with Gasteiger partial charge in [-0.25, -0.2) is 4.68 Å². The molecule has 4 rings (SSSR count). The van der Waals surface area contributed by atoms with Crippen molar-refractivity contribution in [3.63, 3.8) is 0 Å². The van der Waals surface area contributed by atoms with E-state index < -0.39 is 11.9 Å². The fourth-order valence-corrected chi connectivity index (χ4v) is 4.75. The van der Waals surface area contributed by atoms with Gasteiger partial charge in [0.05, 0.1) is 12.3 Å². The lowest BCUT2D eigenvalue weighted by Crippen LogP contribution is -2.33. The van der Waals surface area contributed by atoms with Crippen molar-refractivity contribution in [1.29, 1.82) is 0 Å². The van der Waals surface area contributed by atoms with E-state index in [-0.39, 0.29) is 17.3 Å². The number of benzene rings is 2. The van der Waals surface area contributed by atoms with E-state index in [2.05, 4.69) is 61.4 Å². The van der Waals surface area contributed by atoms with Gasteiger partial charge in [0.2, 0.25) is 0 Å². The van der Waals surface area contributed by atoms with Gasteiger partial charge in [0, 0.05) is 7.05 Å². The number of rotatable bonds is 7. The van der Waals surface area contributed by atoms with Crippen LogP contribution in [0.1, 0.15) is 81.0 Å². The Kier molecular flexibility index (Phi) is 5.99. The highest BCUT2D eigenvalue weighted by Gasteiger charge is 2.36. The molecule has 174 valence electrons. The van der Waals surface area contributed by atoms with Crippen LogP contribution in [0.15, 0.2) is 42.5 Å². The molecule has 2 aromatic carbocycles. The van der Waals surface area contributed by atoms with Crippen LogP contribution in [0.2, 0.25) is 0 Å². The molecular formula is C26H32N4O3. The summed E-state index contributed by atoms with van der Waals surface area (Å²) in [5.74, 6) is -0.0727. The number of aromatic nitrogens is 4. The fraction of sp³-hybridized carbons (Fsp3) is 0.462. The predicted octanol–water partition coefficient (Wildman–Crippen LogP) is 4.74. The Morgan fingerprint density at radius 1 is 1.06 bits per heavy atom. The summed E-state index contributed by atoms with van der Waals surface area (Å²) in [5, 5.41) is 20.8. The number of nitrogens with zero attached hydrogens (tertiary/aromatic N) is 4. The van der Waals surface area contributed by atoms with E-state index in [1.165, 1.54) is 28.7 Å². The summed E-state index contributed by atoms with van der Waals surface area (Å²) < 4.78 is 7.58. The zero-order chi connectivity index (χ0) is 23.8. The molecule has 1 aliphatic rings. The largest absolute Gasteiger partial charge is 0.489 e. The van der Waals surface area contributed by atoms with E-state index in [1.54, 1.807) is 7.05 Å². The number of aliphatic carboxylic acids is 1. The monoisotopic (exact) mass is 448 g/mol. The summed E-state index contributed by atoms with van der Waals surface area (Å²) in [6.45, 7) is 9.78. The third-order valence-electron chi connectivity index (χ3n) is 6.95. The number of tetrazole rings is 1. The molecule has 0 aliphatic heterocycles. The summed E-state index contributed by atoms with van der Waals surface area (Å²) in [4.78, 5) is 11.4. The highest BCUT2D eigenvalue weighted by molar-refractivity contribution is 5.68. The first kappa shape index (κ1) is 23.0. The third-order valence-corrected chi connectivity index (χ3v) is 6.95. The second-order valence-electron chi connectivity index (χ2n) is 10.3. The maximum atomic E-state index is 11.4. The summed E-state index contributed by atoms with van der Waals surface area (Å²) in [5.41, 5.74) is 5.21. The van der Waals surface area contributed by atoms with Crippen LogP contribution in [0.25, 0.3) is 0 Å². The Labute approximate surface area is 194 Å². The topological polar surface area (TPSA) is 90.1 Å². The maximum Gasteiger partial charge on any atom is 0.304 e. The van der Waals surface area contributed by atoms with Crippen LogP contribution < -0.4 is 4.74 Å². The molecule has 0 radical (unpaired) electrons. The van der Waals surface area contributed by atoms with Crippen molar-refractivity contribution in [2.45, 2.75) is 70.3 Å². The van der Waals surface area contributed by atoms with Crippen molar-refractivity contribution in [2.75, 3.05) is 0 Å². The van der Waals surface area contributed by atoms with Gasteiger partial charge in [-0.1, -0.05) is 58.0 Å². The van der Waals surface area contributed by atoms with Crippen LogP contribution in [0.5, 0.6) is 5.75 Å². The Hall–Kier alpha value is -3.22. The van der Waals surface area contributed by atoms with Gasteiger partial charge in [0.15, 0.2) is 5.82 Å². The molecule has 0 bridgehead atoms. The second kappa shape index (κ2) is 8.61. The number of fused-ring (bicyclic) bond motifs is 1. The van der Waals surface area contributed by atoms with Crippen molar-refractivity contribution in [1.82, 2.24) is 20.2 Å². The minimum absolute atomic E-state index is 0.0876. The van der Waals surface area contributed by atoms with E-state index in [0.29, 0.717) is 12.4 Å². The van der Waals surface area contributed by atoms with E-state index in [0.717, 1.165) is 16.9 Å². The zero-order valence-electron chi connectivity index (χ0n) is 20.0. The lowest BCUT2D eigenvalue weighted by Gasteiger charge is -2.42. The van der Waals surface area contributed by atoms with Crippen LogP contribution >= 0.6 is 0 Å². The first-order chi connectivity index (χ1) is 15.6. The number of carboxylic acid groups (broad SMARTS) is 1. The van der Waals surface area contributed by atoms with E-state index in [9.17, 15) is 9.90 Å². The molecular weight excluding hydrogens is 416 g/mol. The molecule has 1 atom stereocenters.